The summed E-state index contributed by atoms with van der Waals surface area (Å²) in [5.74, 6) is 0.243. The fourth-order valence-electron chi connectivity index (χ4n) is 1.95. The van der Waals surface area contributed by atoms with Gasteiger partial charge in [-0.25, -0.2) is 4.68 Å². The normalized spacial score (nSPS) is 9.96. The van der Waals surface area contributed by atoms with Crippen LogP contribution in [-0.2, 0) is 4.79 Å². The molecule has 0 saturated carbocycles. The van der Waals surface area contributed by atoms with E-state index in [4.69, 9.17) is 10.00 Å². The third-order valence-corrected chi connectivity index (χ3v) is 3.12. The van der Waals surface area contributed by atoms with Gasteiger partial charge >= 0.3 is 0 Å². The van der Waals surface area contributed by atoms with Gasteiger partial charge in [0.15, 0.2) is 6.61 Å². The van der Waals surface area contributed by atoms with Crippen LogP contribution >= 0.6 is 0 Å². The molecule has 1 aromatic heterocycles. The van der Waals surface area contributed by atoms with Crippen molar-refractivity contribution in [3.05, 3.63) is 60.4 Å². The lowest BCUT2D eigenvalue weighted by atomic mass is 10.2. The van der Waals surface area contributed by atoms with Gasteiger partial charge in [0, 0.05) is 5.69 Å². The summed E-state index contributed by atoms with van der Waals surface area (Å²) in [6.45, 7) is -0.124. The number of hydrogen-bond acceptors (Lipinski definition) is 6. The molecular weight excluding hydrogens is 308 g/mol. The van der Waals surface area contributed by atoms with E-state index in [9.17, 15) is 4.79 Å². The van der Waals surface area contributed by atoms with Gasteiger partial charge in [0.05, 0.1) is 17.3 Å². The quantitative estimate of drug-likeness (QED) is 0.764. The Bertz CT molecular complexity index is 851. The highest BCUT2D eigenvalue weighted by Gasteiger charge is 2.05. The summed E-state index contributed by atoms with van der Waals surface area (Å²) in [5.41, 5.74) is 1.96. The van der Waals surface area contributed by atoms with Gasteiger partial charge in [-0.2, -0.15) is 5.26 Å². The molecule has 1 N–H and O–H groups in total. The van der Waals surface area contributed by atoms with Crippen molar-refractivity contribution >= 4 is 11.6 Å². The lowest BCUT2D eigenvalue weighted by Crippen LogP contribution is -2.20. The van der Waals surface area contributed by atoms with Crippen LogP contribution in [0.25, 0.3) is 5.69 Å². The van der Waals surface area contributed by atoms with Crippen molar-refractivity contribution in [2.24, 2.45) is 0 Å². The molecule has 0 saturated heterocycles. The summed E-state index contributed by atoms with van der Waals surface area (Å²) >= 11 is 0. The summed E-state index contributed by atoms with van der Waals surface area (Å²) in [7, 11) is 0. The van der Waals surface area contributed by atoms with E-state index < -0.39 is 0 Å². The maximum atomic E-state index is 11.9. The van der Waals surface area contributed by atoms with Crippen molar-refractivity contribution in [1.82, 2.24) is 20.2 Å². The number of nitrogens with zero attached hydrogens (tertiary/aromatic N) is 5. The van der Waals surface area contributed by atoms with Crippen LogP contribution in [0.5, 0.6) is 5.75 Å². The molecule has 24 heavy (non-hydrogen) atoms. The standard InChI is InChI=1S/C16H12N6O2/c17-9-12-1-7-15(8-2-12)24-10-16(23)19-13-3-5-14(6-4-13)22-11-18-20-21-22/h1-8,11H,10H2,(H,19,23). The van der Waals surface area contributed by atoms with Crippen LogP contribution in [0.4, 0.5) is 5.69 Å². The van der Waals surface area contributed by atoms with Crippen LogP contribution < -0.4 is 10.1 Å². The molecule has 0 aliphatic carbocycles. The molecule has 0 unspecified atom stereocenters. The van der Waals surface area contributed by atoms with Crippen molar-refractivity contribution in [3.63, 3.8) is 0 Å². The molecule has 0 spiro atoms. The number of carbonyl (C=O) groups is 1. The van der Waals surface area contributed by atoms with Crippen molar-refractivity contribution in [2.45, 2.75) is 0 Å². The van der Waals surface area contributed by atoms with Crippen molar-refractivity contribution < 1.29 is 9.53 Å². The molecule has 0 fully saturated rings. The maximum absolute atomic E-state index is 11.9. The first-order valence-electron chi connectivity index (χ1n) is 7.01. The highest BCUT2D eigenvalue weighted by molar-refractivity contribution is 5.91. The molecule has 0 aliphatic rings. The number of ether oxygens (including phenoxy) is 1. The molecule has 1 heterocycles. The molecular formula is C16H12N6O2. The van der Waals surface area contributed by atoms with Gasteiger partial charge in [-0.15, -0.1) is 5.10 Å². The van der Waals surface area contributed by atoms with Crippen molar-refractivity contribution in [3.8, 4) is 17.5 Å². The topological polar surface area (TPSA) is 106 Å². The summed E-state index contributed by atoms with van der Waals surface area (Å²) in [6.07, 6.45) is 1.49. The number of amides is 1. The predicted molar refractivity (Wildman–Crippen MR) is 84.4 cm³/mol. The van der Waals surface area contributed by atoms with E-state index in [0.717, 1.165) is 5.69 Å². The molecule has 8 heteroatoms. The SMILES string of the molecule is N#Cc1ccc(OCC(=O)Nc2ccc(-n3cnnn3)cc2)cc1. The zero-order valence-corrected chi connectivity index (χ0v) is 12.5. The van der Waals surface area contributed by atoms with E-state index in [-0.39, 0.29) is 12.5 Å². The molecule has 8 nitrogen and oxygen atoms in total. The predicted octanol–water partition coefficient (Wildman–Crippen LogP) is 1.55. The lowest BCUT2D eigenvalue weighted by Gasteiger charge is -2.08. The summed E-state index contributed by atoms with van der Waals surface area (Å²) in [6, 6.07) is 15.6. The number of benzene rings is 2. The Hall–Kier alpha value is -3.73. The monoisotopic (exact) mass is 320 g/mol. The van der Waals surface area contributed by atoms with E-state index >= 15 is 0 Å². The number of aromatic nitrogens is 4. The number of nitrogens with one attached hydrogen (secondary N) is 1. The third-order valence-electron chi connectivity index (χ3n) is 3.12. The number of hydrogen-bond donors (Lipinski definition) is 1. The number of nitriles is 1. The second-order valence-corrected chi connectivity index (χ2v) is 4.77. The van der Waals surface area contributed by atoms with Crippen LogP contribution in [0.15, 0.2) is 54.9 Å². The van der Waals surface area contributed by atoms with Gasteiger partial charge in [-0.1, -0.05) is 0 Å². The Balaban J connectivity index is 1.53. The first kappa shape index (κ1) is 15.2. The van der Waals surface area contributed by atoms with E-state index in [1.165, 1.54) is 11.0 Å². The molecule has 3 aromatic rings. The fourth-order valence-corrected chi connectivity index (χ4v) is 1.95. The Morgan fingerprint density at radius 3 is 2.54 bits per heavy atom. The molecule has 3 rings (SSSR count). The van der Waals surface area contributed by atoms with Gasteiger partial charge in [0.2, 0.25) is 0 Å². The van der Waals surface area contributed by atoms with Gasteiger partial charge < -0.3 is 10.1 Å². The number of tetrazole rings is 1. The van der Waals surface area contributed by atoms with E-state index in [1.54, 1.807) is 48.5 Å². The third kappa shape index (κ3) is 3.72. The van der Waals surface area contributed by atoms with Gasteiger partial charge in [0.1, 0.15) is 12.1 Å². The van der Waals surface area contributed by atoms with Crippen LogP contribution in [0.2, 0.25) is 0 Å². The van der Waals surface area contributed by atoms with Crippen LogP contribution in [-0.4, -0.2) is 32.7 Å². The average molecular weight is 320 g/mol. The Kier molecular flexibility index (Phi) is 4.44. The summed E-state index contributed by atoms with van der Waals surface area (Å²) in [5, 5.41) is 22.4. The van der Waals surface area contributed by atoms with E-state index in [2.05, 4.69) is 20.8 Å². The minimum absolute atomic E-state index is 0.124. The zero-order valence-electron chi connectivity index (χ0n) is 12.5. The largest absolute Gasteiger partial charge is 0.484 e. The molecule has 0 aliphatic heterocycles. The van der Waals surface area contributed by atoms with Gasteiger partial charge in [-0.3, -0.25) is 4.79 Å². The zero-order chi connectivity index (χ0) is 16.8. The second kappa shape index (κ2) is 7.02. The molecule has 0 radical (unpaired) electrons. The Labute approximate surface area is 137 Å². The smallest absolute Gasteiger partial charge is 0.262 e. The van der Waals surface area contributed by atoms with Gasteiger partial charge in [0.25, 0.3) is 5.91 Å². The van der Waals surface area contributed by atoms with Crippen molar-refractivity contribution in [1.29, 1.82) is 5.26 Å². The fraction of sp³-hybridized carbons (Fsp3) is 0.0625. The average Bonchev–Trinajstić information content (AvgIpc) is 3.16. The molecule has 1 amide bonds. The van der Waals surface area contributed by atoms with E-state index in [0.29, 0.717) is 17.0 Å². The van der Waals surface area contributed by atoms with Crippen molar-refractivity contribution in [2.75, 3.05) is 11.9 Å². The molecule has 0 bridgehead atoms. The second-order valence-electron chi connectivity index (χ2n) is 4.77. The molecule has 2 aromatic carbocycles. The van der Waals surface area contributed by atoms with Crippen LogP contribution in [0, 0.1) is 11.3 Å². The number of anilines is 1. The van der Waals surface area contributed by atoms with Gasteiger partial charge in [-0.05, 0) is 59.0 Å². The Morgan fingerprint density at radius 2 is 1.92 bits per heavy atom. The minimum Gasteiger partial charge on any atom is -0.484 e. The van der Waals surface area contributed by atoms with Crippen LogP contribution in [0.3, 0.4) is 0 Å². The first-order valence-corrected chi connectivity index (χ1v) is 7.01. The highest BCUT2D eigenvalue weighted by Crippen LogP contribution is 2.13. The lowest BCUT2D eigenvalue weighted by molar-refractivity contribution is -0.118. The maximum Gasteiger partial charge on any atom is 0.262 e. The number of carbonyl (C=O) groups excluding carboxylic acids is 1. The highest BCUT2D eigenvalue weighted by atomic mass is 16.5. The first-order chi connectivity index (χ1) is 11.7. The molecule has 0 atom stereocenters. The summed E-state index contributed by atoms with van der Waals surface area (Å²) < 4.78 is 6.88. The number of rotatable bonds is 5. The van der Waals surface area contributed by atoms with E-state index in [1.807, 2.05) is 6.07 Å². The summed E-state index contributed by atoms with van der Waals surface area (Å²) in [4.78, 5) is 11.9. The Morgan fingerprint density at radius 1 is 1.17 bits per heavy atom. The molecule has 118 valence electrons. The van der Waals surface area contributed by atoms with Crippen LogP contribution in [0.1, 0.15) is 5.56 Å². The minimum atomic E-state index is -0.283.